The summed E-state index contributed by atoms with van der Waals surface area (Å²) in [6.07, 6.45) is 6.30. The zero-order valence-electron chi connectivity index (χ0n) is 16.4. The Morgan fingerprint density at radius 2 is 1.93 bits per heavy atom. The van der Waals surface area contributed by atoms with Crippen molar-refractivity contribution in [2.75, 3.05) is 26.7 Å². The zero-order chi connectivity index (χ0) is 19.5. The highest BCUT2D eigenvalue weighted by Crippen LogP contribution is 2.26. The van der Waals surface area contributed by atoms with Gasteiger partial charge in [0.05, 0.1) is 5.69 Å². The molecule has 2 aliphatic heterocycles. The predicted molar refractivity (Wildman–Crippen MR) is 110 cm³/mol. The fourth-order valence-electron chi connectivity index (χ4n) is 4.07. The van der Waals surface area contributed by atoms with Crippen LogP contribution in [0, 0.1) is 0 Å². The lowest BCUT2D eigenvalue weighted by molar-refractivity contribution is -0.132. The van der Waals surface area contributed by atoms with Crippen LogP contribution < -0.4 is 0 Å². The molecule has 5 nitrogen and oxygen atoms in total. The minimum absolute atomic E-state index is 0.194. The summed E-state index contributed by atoms with van der Waals surface area (Å²) < 4.78 is 0. The summed E-state index contributed by atoms with van der Waals surface area (Å²) in [4.78, 5) is 26.5. The maximum atomic E-state index is 12.6. The van der Waals surface area contributed by atoms with E-state index in [0.29, 0.717) is 18.9 Å². The third-order valence-electron chi connectivity index (χ3n) is 5.93. The second-order valence-electron chi connectivity index (χ2n) is 7.97. The van der Waals surface area contributed by atoms with Gasteiger partial charge in [0.1, 0.15) is 5.82 Å². The number of aryl methyl sites for hydroxylation is 1. The standard InChI is InChI=1S/C22H27ClN4O/c1-26-11-8-17(9-12-26)22-24-14-18-15-27(13-10-20(18)25-22)21(28)7-4-16-2-5-19(23)6-3-16/h2-3,5-6,14,17H,4,7-13,15H2,1H3. The van der Waals surface area contributed by atoms with Gasteiger partial charge < -0.3 is 9.80 Å². The molecule has 2 aromatic rings. The van der Waals surface area contributed by atoms with Gasteiger partial charge in [-0.05, 0) is 57.1 Å². The largest absolute Gasteiger partial charge is 0.338 e. The second-order valence-corrected chi connectivity index (χ2v) is 8.41. The van der Waals surface area contributed by atoms with Crippen LogP contribution >= 0.6 is 11.6 Å². The fraction of sp³-hybridized carbons (Fsp3) is 0.500. The molecule has 0 atom stereocenters. The van der Waals surface area contributed by atoms with Crippen LogP contribution in [0.25, 0.3) is 0 Å². The van der Waals surface area contributed by atoms with Crippen LogP contribution in [0.2, 0.25) is 5.02 Å². The van der Waals surface area contributed by atoms with Gasteiger partial charge in [-0.2, -0.15) is 0 Å². The number of nitrogens with zero attached hydrogens (tertiary/aromatic N) is 4. The Balaban J connectivity index is 1.35. The van der Waals surface area contributed by atoms with E-state index in [1.54, 1.807) is 0 Å². The SMILES string of the molecule is CN1CCC(c2ncc3c(n2)CCN(C(=O)CCc2ccc(Cl)cc2)C3)CC1. The van der Waals surface area contributed by atoms with Crippen LogP contribution in [0.5, 0.6) is 0 Å². The van der Waals surface area contributed by atoms with Crippen molar-refractivity contribution in [1.29, 1.82) is 0 Å². The third kappa shape index (κ3) is 4.53. The van der Waals surface area contributed by atoms with E-state index in [-0.39, 0.29) is 5.91 Å². The first-order valence-corrected chi connectivity index (χ1v) is 10.5. The lowest BCUT2D eigenvalue weighted by Crippen LogP contribution is -2.37. The minimum atomic E-state index is 0.194. The van der Waals surface area contributed by atoms with Crippen molar-refractivity contribution in [2.24, 2.45) is 0 Å². The fourth-order valence-corrected chi connectivity index (χ4v) is 4.19. The first-order valence-electron chi connectivity index (χ1n) is 10.1. The van der Waals surface area contributed by atoms with E-state index in [1.807, 2.05) is 35.4 Å². The Labute approximate surface area is 171 Å². The number of piperidine rings is 1. The van der Waals surface area contributed by atoms with Gasteiger partial charge in [-0.25, -0.2) is 9.97 Å². The van der Waals surface area contributed by atoms with Gasteiger partial charge in [0.15, 0.2) is 0 Å². The van der Waals surface area contributed by atoms with Gasteiger partial charge >= 0.3 is 0 Å². The van der Waals surface area contributed by atoms with Crippen LogP contribution in [0.15, 0.2) is 30.5 Å². The molecule has 0 unspecified atom stereocenters. The van der Waals surface area contributed by atoms with E-state index in [9.17, 15) is 4.79 Å². The molecule has 0 spiro atoms. The van der Waals surface area contributed by atoms with Crippen molar-refractivity contribution in [2.45, 2.75) is 44.6 Å². The van der Waals surface area contributed by atoms with Gasteiger partial charge in [-0.1, -0.05) is 23.7 Å². The molecule has 1 aromatic carbocycles. The monoisotopic (exact) mass is 398 g/mol. The maximum Gasteiger partial charge on any atom is 0.223 e. The summed E-state index contributed by atoms with van der Waals surface area (Å²) in [5, 5.41) is 0.724. The number of amides is 1. The summed E-state index contributed by atoms with van der Waals surface area (Å²) in [7, 11) is 2.17. The molecule has 0 aliphatic carbocycles. The molecule has 1 aromatic heterocycles. The molecule has 0 N–H and O–H groups in total. The number of benzene rings is 1. The molecule has 0 bridgehead atoms. The summed E-state index contributed by atoms with van der Waals surface area (Å²) >= 11 is 5.92. The van der Waals surface area contributed by atoms with Crippen molar-refractivity contribution in [3.8, 4) is 0 Å². The summed E-state index contributed by atoms with van der Waals surface area (Å²) in [6, 6.07) is 7.72. The lowest BCUT2D eigenvalue weighted by atomic mass is 9.95. The number of carbonyl (C=O) groups excluding carboxylic acids is 1. The molecule has 1 saturated heterocycles. The predicted octanol–water partition coefficient (Wildman–Crippen LogP) is 3.46. The second kappa shape index (κ2) is 8.58. The van der Waals surface area contributed by atoms with E-state index >= 15 is 0 Å². The molecular formula is C22H27ClN4O. The van der Waals surface area contributed by atoms with E-state index in [4.69, 9.17) is 16.6 Å². The highest BCUT2D eigenvalue weighted by molar-refractivity contribution is 6.30. The molecule has 148 valence electrons. The first kappa shape index (κ1) is 19.3. The van der Waals surface area contributed by atoms with Crippen LogP contribution in [0.3, 0.4) is 0 Å². The summed E-state index contributed by atoms with van der Waals surface area (Å²) in [6.45, 7) is 3.60. The van der Waals surface area contributed by atoms with Gasteiger partial charge in [-0.15, -0.1) is 0 Å². The number of fused-ring (bicyclic) bond motifs is 1. The van der Waals surface area contributed by atoms with E-state index < -0.39 is 0 Å². The molecular weight excluding hydrogens is 372 g/mol. The first-order chi connectivity index (χ1) is 13.6. The number of hydrogen-bond acceptors (Lipinski definition) is 4. The molecule has 3 heterocycles. The average molecular weight is 399 g/mol. The Morgan fingerprint density at radius 1 is 1.18 bits per heavy atom. The van der Waals surface area contributed by atoms with Gasteiger partial charge in [0, 0.05) is 48.6 Å². The number of rotatable bonds is 4. The molecule has 28 heavy (non-hydrogen) atoms. The van der Waals surface area contributed by atoms with Crippen molar-refractivity contribution in [3.05, 3.63) is 58.1 Å². The van der Waals surface area contributed by atoms with Crippen LogP contribution in [0.1, 0.15) is 47.8 Å². The Hall–Kier alpha value is -1.98. The average Bonchev–Trinajstić information content (AvgIpc) is 2.73. The molecule has 0 radical (unpaired) electrons. The topological polar surface area (TPSA) is 49.3 Å². The van der Waals surface area contributed by atoms with Crippen molar-refractivity contribution >= 4 is 17.5 Å². The van der Waals surface area contributed by atoms with Crippen molar-refractivity contribution in [3.63, 3.8) is 0 Å². The number of halogens is 1. The van der Waals surface area contributed by atoms with Gasteiger partial charge in [0.2, 0.25) is 5.91 Å². The molecule has 1 amide bonds. The minimum Gasteiger partial charge on any atom is -0.338 e. The van der Waals surface area contributed by atoms with Gasteiger partial charge in [-0.3, -0.25) is 4.79 Å². The van der Waals surface area contributed by atoms with Crippen molar-refractivity contribution in [1.82, 2.24) is 19.8 Å². The number of likely N-dealkylation sites (tertiary alicyclic amines) is 1. The zero-order valence-corrected chi connectivity index (χ0v) is 17.2. The normalized spacial score (nSPS) is 18.1. The molecule has 2 aliphatic rings. The van der Waals surface area contributed by atoms with Crippen LogP contribution in [0.4, 0.5) is 0 Å². The Kier molecular flexibility index (Phi) is 5.93. The van der Waals surface area contributed by atoms with E-state index in [1.165, 1.54) is 0 Å². The Bertz CT molecular complexity index is 831. The molecule has 1 fully saturated rings. The van der Waals surface area contributed by atoms with Crippen LogP contribution in [-0.4, -0.2) is 52.4 Å². The number of hydrogen-bond donors (Lipinski definition) is 0. The summed E-state index contributed by atoms with van der Waals surface area (Å²) in [5.74, 6) is 1.66. The number of carbonyl (C=O) groups is 1. The molecule has 0 saturated carbocycles. The summed E-state index contributed by atoms with van der Waals surface area (Å²) in [5.41, 5.74) is 3.37. The van der Waals surface area contributed by atoms with E-state index in [0.717, 1.165) is 73.0 Å². The van der Waals surface area contributed by atoms with E-state index in [2.05, 4.69) is 16.9 Å². The third-order valence-corrected chi connectivity index (χ3v) is 6.18. The van der Waals surface area contributed by atoms with Crippen molar-refractivity contribution < 1.29 is 4.79 Å². The highest BCUT2D eigenvalue weighted by Gasteiger charge is 2.25. The number of aromatic nitrogens is 2. The quantitative estimate of drug-likeness (QED) is 0.791. The lowest BCUT2D eigenvalue weighted by Gasteiger charge is -2.30. The maximum absolute atomic E-state index is 12.6. The highest BCUT2D eigenvalue weighted by atomic mass is 35.5. The van der Waals surface area contributed by atoms with Crippen LogP contribution in [-0.2, 0) is 24.2 Å². The smallest absolute Gasteiger partial charge is 0.223 e. The molecule has 4 rings (SSSR count). The van der Waals surface area contributed by atoms with Gasteiger partial charge in [0.25, 0.3) is 0 Å². The molecule has 6 heteroatoms. The Morgan fingerprint density at radius 3 is 2.68 bits per heavy atom.